The second-order valence-electron chi connectivity index (χ2n) is 16.2. The highest BCUT2D eigenvalue weighted by atomic mass is 28.4. The molecule has 0 aromatic carbocycles. The molecule has 1 saturated heterocycles. The number of ether oxygens (including phenoxy) is 2. The molecule has 220 valence electrons. The van der Waals surface area contributed by atoms with Crippen molar-refractivity contribution in [2.24, 2.45) is 34.5 Å². The van der Waals surface area contributed by atoms with Crippen molar-refractivity contribution in [2.75, 3.05) is 7.11 Å². The molecule has 0 radical (unpaired) electrons. The summed E-state index contributed by atoms with van der Waals surface area (Å²) in [6, 6.07) is 0. The molecule has 10 heteroatoms. The van der Waals surface area contributed by atoms with Gasteiger partial charge in [-0.15, -0.1) is 0 Å². The molecule has 7 nitrogen and oxygen atoms in total. The highest BCUT2D eigenvalue weighted by molar-refractivity contribution is 6.70. The van der Waals surface area contributed by atoms with E-state index in [1.807, 2.05) is 6.92 Å². The Kier molecular flexibility index (Phi) is 6.75. The molecule has 5 aliphatic rings. The van der Waals surface area contributed by atoms with Gasteiger partial charge in [0.1, 0.15) is 5.60 Å². The van der Waals surface area contributed by atoms with E-state index in [-0.39, 0.29) is 47.3 Å². The Bertz CT molecular complexity index is 1070. The van der Waals surface area contributed by atoms with E-state index in [0.717, 1.165) is 19.3 Å². The van der Waals surface area contributed by atoms with Crippen LogP contribution in [0.2, 0.25) is 58.9 Å². The SMILES string of the molecule is C=C1C[C@]23C[C@H]1[C@@H](O[Si](C)(C)C)CC2[C@@]12C[C@H](O[Si](C)(C)C)[C@H](O[Si](C)(C)C)C(C)(C(=O)O1)C2C3C(=O)OC. The summed E-state index contributed by atoms with van der Waals surface area (Å²) in [6.45, 7) is 26.2. The van der Waals surface area contributed by atoms with Crippen LogP contribution in [0.25, 0.3) is 0 Å². The van der Waals surface area contributed by atoms with E-state index >= 15 is 0 Å². The lowest BCUT2D eigenvalue weighted by Crippen LogP contribution is -2.63. The van der Waals surface area contributed by atoms with Crippen LogP contribution < -0.4 is 0 Å². The molecule has 1 heterocycles. The molecule has 4 aliphatic carbocycles. The largest absolute Gasteiger partial charge is 0.469 e. The zero-order valence-electron chi connectivity index (χ0n) is 25.9. The first-order valence-corrected chi connectivity index (χ1v) is 24.9. The predicted octanol–water partition coefficient (Wildman–Crippen LogP) is 5.74. The fourth-order valence-corrected chi connectivity index (χ4v) is 12.9. The van der Waals surface area contributed by atoms with Gasteiger partial charge in [0.05, 0.1) is 36.8 Å². The molecular weight excluding hydrogens is 545 g/mol. The standard InChI is InChI=1S/C29H50O7Si3/c1-17-14-28-15-18(17)19(34-37(4,5)6)13-21(28)29-16-20(35-38(7,8)9)24(36-39(10,11)12)27(2,26(31)33-29)23(29)22(28)25(30)32-3/h18-24H,1,13-16H2,2-12H3/t18-,19+,20+,21?,22?,23?,24+,27?,28+,29-/m1/s1. The zero-order chi connectivity index (χ0) is 29.1. The summed E-state index contributed by atoms with van der Waals surface area (Å²) < 4.78 is 32.8. The fourth-order valence-electron chi connectivity index (χ4n) is 9.47. The number of fused-ring (bicyclic) bond motifs is 1. The summed E-state index contributed by atoms with van der Waals surface area (Å²) in [5, 5.41) is 0. The molecule has 0 aromatic heterocycles. The fraction of sp³-hybridized carbons (Fsp3) is 0.862. The van der Waals surface area contributed by atoms with Crippen LogP contribution in [0.15, 0.2) is 12.2 Å². The number of carbonyl (C=O) groups excluding carboxylic acids is 2. The van der Waals surface area contributed by atoms with Gasteiger partial charge in [-0.05, 0) is 90.5 Å². The Morgan fingerprint density at radius 1 is 0.923 bits per heavy atom. The second-order valence-corrected chi connectivity index (χ2v) is 29.5. The van der Waals surface area contributed by atoms with Crippen LogP contribution in [0, 0.1) is 34.5 Å². The Hall–Kier alpha value is -0.789. The highest BCUT2D eigenvalue weighted by Crippen LogP contribution is 2.78. The van der Waals surface area contributed by atoms with Crippen LogP contribution in [-0.2, 0) is 32.3 Å². The van der Waals surface area contributed by atoms with Crippen molar-refractivity contribution in [2.45, 2.75) is 115 Å². The third-order valence-electron chi connectivity index (χ3n) is 10.1. The first-order chi connectivity index (χ1) is 17.7. The highest BCUT2D eigenvalue weighted by Gasteiger charge is 2.85. The Balaban J connectivity index is 1.70. The summed E-state index contributed by atoms with van der Waals surface area (Å²) in [5.41, 5.74) is -1.02. The molecule has 0 aromatic rings. The van der Waals surface area contributed by atoms with Crippen molar-refractivity contribution in [1.29, 1.82) is 0 Å². The van der Waals surface area contributed by atoms with E-state index in [1.54, 1.807) is 0 Å². The molecule has 1 aliphatic heterocycles. The molecule has 10 atom stereocenters. The average molecular weight is 595 g/mol. The molecule has 0 amide bonds. The lowest BCUT2D eigenvalue weighted by molar-refractivity contribution is -0.165. The molecule has 39 heavy (non-hydrogen) atoms. The quantitative estimate of drug-likeness (QED) is 0.211. The molecule has 5 fully saturated rings. The molecule has 1 spiro atoms. The Labute approximate surface area is 238 Å². The van der Waals surface area contributed by atoms with Crippen LogP contribution in [-0.4, -0.2) is 67.9 Å². The molecule has 0 N–H and O–H groups in total. The van der Waals surface area contributed by atoms with Crippen LogP contribution in [0.5, 0.6) is 0 Å². The molecule has 4 bridgehead atoms. The van der Waals surface area contributed by atoms with Crippen molar-refractivity contribution >= 4 is 36.9 Å². The molecule has 4 unspecified atom stereocenters. The Morgan fingerprint density at radius 2 is 1.49 bits per heavy atom. The van der Waals surface area contributed by atoms with E-state index in [9.17, 15) is 9.59 Å². The monoisotopic (exact) mass is 594 g/mol. The number of rotatable bonds is 7. The van der Waals surface area contributed by atoms with Gasteiger partial charge in [0.2, 0.25) is 0 Å². The number of methoxy groups -OCH3 is 1. The van der Waals surface area contributed by atoms with Gasteiger partial charge in [0.25, 0.3) is 0 Å². The molecule has 5 rings (SSSR count). The second kappa shape index (κ2) is 8.86. The van der Waals surface area contributed by atoms with Gasteiger partial charge in [0, 0.05) is 24.2 Å². The van der Waals surface area contributed by atoms with Crippen molar-refractivity contribution in [1.82, 2.24) is 0 Å². The van der Waals surface area contributed by atoms with Crippen LogP contribution in [0.3, 0.4) is 0 Å². The lowest BCUT2D eigenvalue weighted by Gasteiger charge is -2.52. The van der Waals surface area contributed by atoms with Gasteiger partial charge >= 0.3 is 11.9 Å². The number of hydrogen-bond acceptors (Lipinski definition) is 7. The minimum atomic E-state index is -2.11. The smallest absolute Gasteiger partial charge is 0.315 e. The van der Waals surface area contributed by atoms with Crippen molar-refractivity contribution in [3.8, 4) is 0 Å². The molecular formula is C29H50O7Si3. The van der Waals surface area contributed by atoms with Gasteiger partial charge in [-0.3, -0.25) is 9.59 Å². The number of hydrogen-bond donors (Lipinski definition) is 0. The maximum atomic E-state index is 14.2. The third-order valence-corrected chi connectivity index (χ3v) is 13.1. The molecule has 4 saturated carbocycles. The summed E-state index contributed by atoms with van der Waals surface area (Å²) in [5.74, 6) is -1.09. The third kappa shape index (κ3) is 4.42. The number of carbonyl (C=O) groups is 2. The van der Waals surface area contributed by atoms with Gasteiger partial charge < -0.3 is 22.8 Å². The van der Waals surface area contributed by atoms with E-state index < -0.39 is 48.0 Å². The lowest BCUT2D eigenvalue weighted by atomic mass is 9.58. The average Bonchev–Trinajstić information content (AvgIpc) is 3.23. The zero-order valence-corrected chi connectivity index (χ0v) is 28.9. The topological polar surface area (TPSA) is 80.3 Å². The van der Waals surface area contributed by atoms with Gasteiger partial charge in [-0.2, -0.15) is 0 Å². The van der Waals surface area contributed by atoms with Gasteiger partial charge in [0.15, 0.2) is 25.0 Å². The first kappa shape index (κ1) is 29.7. The van der Waals surface area contributed by atoms with E-state index in [0.29, 0.717) is 6.42 Å². The van der Waals surface area contributed by atoms with Gasteiger partial charge in [-0.25, -0.2) is 0 Å². The maximum absolute atomic E-state index is 14.2. The Morgan fingerprint density at radius 3 is 2.03 bits per heavy atom. The summed E-state index contributed by atoms with van der Waals surface area (Å²) >= 11 is 0. The van der Waals surface area contributed by atoms with Crippen molar-refractivity contribution in [3.63, 3.8) is 0 Å². The van der Waals surface area contributed by atoms with Crippen molar-refractivity contribution < 1.29 is 32.3 Å². The van der Waals surface area contributed by atoms with E-state index in [4.69, 9.17) is 22.8 Å². The maximum Gasteiger partial charge on any atom is 0.315 e. The first-order valence-electron chi connectivity index (χ1n) is 14.7. The summed E-state index contributed by atoms with van der Waals surface area (Å²) in [7, 11) is -4.51. The van der Waals surface area contributed by atoms with Crippen LogP contribution in [0.4, 0.5) is 0 Å². The minimum absolute atomic E-state index is 0.0223. The van der Waals surface area contributed by atoms with Crippen molar-refractivity contribution in [3.05, 3.63) is 12.2 Å². The van der Waals surface area contributed by atoms with Crippen LogP contribution >= 0.6 is 0 Å². The number of esters is 2. The normalized spacial score (nSPS) is 45.2. The summed E-state index contributed by atoms with van der Waals surface area (Å²) in [4.78, 5) is 28.1. The van der Waals surface area contributed by atoms with Crippen LogP contribution in [0.1, 0.15) is 32.6 Å². The minimum Gasteiger partial charge on any atom is -0.469 e. The van der Waals surface area contributed by atoms with E-state index in [1.165, 1.54) is 12.7 Å². The predicted molar refractivity (Wildman–Crippen MR) is 158 cm³/mol. The van der Waals surface area contributed by atoms with E-state index in [2.05, 4.69) is 65.5 Å². The van der Waals surface area contributed by atoms with Gasteiger partial charge in [-0.1, -0.05) is 12.2 Å². The summed E-state index contributed by atoms with van der Waals surface area (Å²) in [6.07, 6.45) is 2.17.